The Bertz CT molecular complexity index is 348. The normalized spacial score (nSPS) is 10.4. The van der Waals surface area contributed by atoms with E-state index in [0.29, 0.717) is 0 Å². The summed E-state index contributed by atoms with van der Waals surface area (Å²) in [5.74, 6) is 0.169. The Morgan fingerprint density at radius 3 is 2.16 bits per heavy atom. The summed E-state index contributed by atoms with van der Waals surface area (Å²) in [5, 5.41) is 0. The maximum Gasteiger partial charge on any atom is 0.219 e. The van der Waals surface area contributed by atoms with Gasteiger partial charge < -0.3 is 4.90 Å². The second-order valence-electron chi connectivity index (χ2n) is 5.30. The van der Waals surface area contributed by atoms with Gasteiger partial charge in [0.05, 0.1) is 0 Å². The Labute approximate surface area is 117 Å². The molecular weight excluding hydrogens is 234 g/mol. The molecule has 0 radical (unpaired) electrons. The number of unbranched alkanes of at least 4 members (excludes halogenated alkanes) is 5. The van der Waals surface area contributed by atoms with Crippen LogP contribution in [0.1, 0.15) is 51.0 Å². The third-order valence-corrected chi connectivity index (χ3v) is 3.59. The highest BCUT2D eigenvalue weighted by atomic mass is 16.2. The van der Waals surface area contributed by atoms with Crippen molar-refractivity contribution in [3.8, 4) is 0 Å². The van der Waals surface area contributed by atoms with Gasteiger partial charge in [0.15, 0.2) is 0 Å². The Kier molecular flexibility index (Phi) is 7.95. The Hall–Kier alpha value is -1.31. The summed E-state index contributed by atoms with van der Waals surface area (Å²) in [4.78, 5) is 12.8. The van der Waals surface area contributed by atoms with Crippen LogP contribution in [0.2, 0.25) is 0 Å². The summed E-state index contributed by atoms with van der Waals surface area (Å²) >= 11 is 0. The van der Waals surface area contributed by atoms with E-state index in [1.807, 2.05) is 7.05 Å². The maximum atomic E-state index is 11.0. The molecule has 0 saturated carbocycles. The van der Waals surface area contributed by atoms with Crippen LogP contribution >= 0.6 is 0 Å². The van der Waals surface area contributed by atoms with E-state index in [4.69, 9.17) is 0 Å². The molecule has 19 heavy (non-hydrogen) atoms. The maximum absolute atomic E-state index is 11.0. The minimum Gasteiger partial charge on any atom is -0.346 e. The number of hydrogen-bond donors (Lipinski definition) is 0. The lowest BCUT2D eigenvalue weighted by Crippen LogP contribution is -2.24. The Morgan fingerprint density at radius 1 is 0.947 bits per heavy atom. The molecule has 0 spiro atoms. The van der Waals surface area contributed by atoms with Gasteiger partial charge in [-0.3, -0.25) is 4.79 Å². The second kappa shape index (κ2) is 9.60. The quantitative estimate of drug-likeness (QED) is 0.614. The number of carbonyl (C=O) groups excluding carboxylic acids is 1. The minimum absolute atomic E-state index is 0.169. The van der Waals surface area contributed by atoms with Crippen molar-refractivity contribution in [2.75, 3.05) is 13.6 Å². The standard InChI is InChI=1S/C17H27NO/c1-16(19)18(2)15-11-6-4-3-5-8-12-17-13-9-7-10-14-17/h7,9-10,13-14H,3-6,8,11-12,15H2,1-2H3. The Balaban J connectivity index is 1.90. The van der Waals surface area contributed by atoms with Crippen molar-refractivity contribution in [2.45, 2.75) is 51.9 Å². The zero-order valence-electron chi connectivity index (χ0n) is 12.4. The predicted octanol–water partition coefficient (Wildman–Crippen LogP) is 4.05. The van der Waals surface area contributed by atoms with Crippen LogP contribution < -0.4 is 0 Å². The zero-order chi connectivity index (χ0) is 13.9. The molecule has 0 bridgehead atoms. The molecule has 0 aliphatic heterocycles. The molecule has 0 atom stereocenters. The second-order valence-corrected chi connectivity index (χ2v) is 5.30. The first-order chi connectivity index (χ1) is 9.20. The van der Waals surface area contributed by atoms with Gasteiger partial charge in [0.1, 0.15) is 0 Å². The van der Waals surface area contributed by atoms with Crippen molar-refractivity contribution < 1.29 is 4.79 Å². The number of carbonyl (C=O) groups is 1. The van der Waals surface area contributed by atoms with Gasteiger partial charge in [-0.15, -0.1) is 0 Å². The highest BCUT2D eigenvalue weighted by molar-refractivity contribution is 5.72. The smallest absolute Gasteiger partial charge is 0.219 e. The van der Waals surface area contributed by atoms with Gasteiger partial charge in [0, 0.05) is 20.5 Å². The molecule has 0 N–H and O–H groups in total. The van der Waals surface area contributed by atoms with Gasteiger partial charge in [0.2, 0.25) is 5.91 Å². The first-order valence-electron chi connectivity index (χ1n) is 7.46. The van der Waals surface area contributed by atoms with Crippen LogP contribution in [0.5, 0.6) is 0 Å². The average Bonchev–Trinajstić information content (AvgIpc) is 2.42. The highest BCUT2D eigenvalue weighted by Gasteiger charge is 2.00. The summed E-state index contributed by atoms with van der Waals surface area (Å²) in [5.41, 5.74) is 1.45. The number of amides is 1. The lowest BCUT2D eigenvalue weighted by molar-refractivity contribution is -0.127. The lowest BCUT2D eigenvalue weighted by Gasteiger charge is -2.13. The Morgan fingerprint density at radius 2 is 1.53 bits per heavy atom. The molecule has 0 heterocycles. The molecule has 0 aliphatic rings. The molecule has 0 aliphatic carbocycles. The third kappa shape index (κ3) is 7.66. The molecule has 1 aromatic rings. The van der Waals surface area contributed by atoms with Gasteiger partial charge in [-0.1, -0.05) is 56.0 Å². The van der Waals surface area contributed by atoms with E-state index in [2.05, 4.69) is 30.3 Å². The fraction of sp³-hybridized carbons (Fsp3) is 0.588. The largest absolute Gasteiger partial charge is 0.346 e. The van der Waals surface area contributed by atoms with Gasteiger partial charge in [-0.2, -0.15) is 0 Å². The summed E-state index contributed by atoms with van der Waals surface area (Å²) in [7, 11) is 1.88. The zero-order valence-corrected chi connectivity index (χ0v) is 12.4. The van der Waals surface area contributed by atoms with Crippen molar-refractivity contribution >= 4 is 5.91 Å². The molecule has 0 fully saturated rings. The van der Waals surface area contributed by atoms with E-state index in [0.717, 1.165) is 13.0 Å². The number of nitrogens with zero attached hydrogens (tertiary/aromatic N) is 1. The SMILES string of the molecule is CC(=O)N(C)CCCCCCCCc1ccccc1. The van der Waals surface area contributed by atoms with Gasteiger partial charge >= 0.3 is 0 Å². The van der Waals surface area contributed by atoms with Gasteiger partial charge in [-0.05, 0) is 24.8 Å². The summed E-state index contributed by atoms with van der Waals surface area (Å²) in [6.07, 6.45) is 8.79. The molecule has 2 nitrogen and oxygen atoms in total. The first kappa shape index (κ1) is 15.7. The van der Waals surface area contributed by atoms with Crippen LogP contribution in [-0.4, -0.2) is 24.4 Å². The van der Waals surface area contributed by atoms with Crippen LogP contribution in [0.15, 0.2) is 30.3 Å². The molecule has 1 aromatic carbocycles. The predicted molar refractivity (Wildman–Crippen MR) is 81.2 cm³/mol. The average molecular weight is 261 g/mol. The first-order valence-corrected chi connectivity index (χ1v) is 7.46. The molecule has 0 aromatic heterocycles. The number of rotatable bonds is 9. The summed E-state index contributed by atoms with van der Waals surface area (Å²) in [6, 6.07) is 10.7. The van der Waals surface area contributed by atoms with E-state index in [1.165, 1.54) is 44.1 Å². The van der Waals surface area contributed by atoms with Crippen LogP contribution in [0, 0.1) is 0 Å². The lowest BCUT2D eigenvalue weighted by atomic mass is 10.0. The van der Waals surface area contributed by atoms with Crippen LogP contribution in [0.3, 0.4) is 0 Å². The highest BCUT2D eigenvalue weighted by Crippen LogP contribution is 2.09. The summed E-state index contributed by atoms with van der Waals surface area (Å²) < 4.78 is 0. The fourth-order valence-corrected chi connectivity index (χ4v) is 2.19. The van der Waals surface area contributed by atoms with Crippen molar-refractivity contribution in [2.24, 2.45) is 0 Å². The van der Waals surface area contributed by atoms with E-state index in [-0.39, 0.29) is 5.91 Å². The van der Waals surface area contributed by atoms with Crippen molar-refractivity contribution in [1.82, 2.24) is 4.90 Å². The molecule has 0 unspecified atom stereocenters. The van der Waals surface area contributed by atoms with Crippen molar-refractivity contribution in [3.63, 3.8) is 0 Å². The number of hydrogen-bond acceptors (Lipinski definition) is 1. The fourth-order valence-electron chi connectivity index (χ4n) is 2.19. The molecule has 106 valence electrons. The van der Waals surface area contributed by atoms with Crippen LogP contribution in [0.25, 0.3) is 0 Å². The number of benzene rings is 1. The number of aryl methyl sites for hydroxylation is 1. The molecule has 1 amide bonds. The van der Waals surface area contributed by atoms with Crippen molar-refractivity contribution in [1.29, 1.82) is 0 Å². The van der Waals surface area contributed by atoms with Gasteiger partial charge in [0.25, 0.3) is 0 Å². The van der Waals surface area contributed by atoms with Crippen LogP contribution in [-0.2, 0) is 11.2 Å². The van der Waals surface area contributed by atoms with Crippen molar-refractivity contribution in [3.05, 3.63) is 35.9 Å². The monoisotopic (exact) mass is 261 g/mol. The third-order valence-electron chi connectivity index (χ3n) is 3.59. The molecule has 0 saturated heterocycles. The van der Waals surface area contributed by atoms with E-state index < -0.39 is 0 Å². The molecular formula is C17H27NO. The topological polar surface area (TPSA) is 20.3 Å². The van der Waals surface area contributed by atoms with E-state index in [1.54, 1.807) is 11.8 Å². The van der Waals surface area contributed by atoms with Gasteiger partial charge in [-0.25, -0.2) is 0 Å². The van der Waals surface area contributed by atoms with E-state index in [9.17, 15) is 4.79 Å². The van der Waals surface area contributed by atoms with E-state index >= 15 is 0 Å². The molecule has 1 rings (SSSR count). The van der Waals surface area contributed by atoms with Crippen LogP contribution in [0.4, 0.5) is 0 Å². The minimum atomic E-state index is 0.169. The molecule has 2 heteroatoms. The summed E-state index contributed by atoms with van der Waals surface area (Å²) in [6.45, 7) is 2.53.